The number of hydrogen-bond donors (Lipinski definition) is 1. The van der Waals surface area contributed by atoms with Crippen LogP contribution >= 0.6 is 0 Å². The third-order valence-corrected chi connectivity index (χ3v) is 4.83. The molecule has 3 rings (SSSR count). The zero-order valence-electron chi connectivity index (χ0n) is 18.2. The Hall–Kier alpha value is -2.77. The van der Waals surface area contributed by atoms with Crippen molar-refractivity contribution in [1.29, 1.82) is 0 Å². The maximum Gasteiger partial charge on any atom is 0.258 e. The Bertz CT molecular complexity index is 791. The number of benzene rings is 2. The number of amides is 1. The maximum absolute atomic E-state index is 12.1. The van der Waals surface area contributed by atoms with Crippen molar-refractivity contribution in [3.8, 4) is 17.2 Å². The molecule has 1 fully saturated rings. The summed E-state index contributed by atoms with van der Waals surface area (Å²) < 4.78 is 22.3. The average molecular weight is 429 g/mol. The van der Waals surface area contributed by atoms with E-state index in [1.165, 1.54) is 0 Å². The van der Waals surface area contributed by atoms with Crippen LogP contribution in [-0.2, 0) is 16.1 Å². The van der Waals surface area contributed by atoms with Crippen molar-refractivity contribution in [3.63, 3.8) is 0 Å². The Morgan fingerprint density at radius 3 is 2.42 bits per heavy atom. The standard InChI is InChI=1S/C24H32N2O5/c1-2-13-29-21-6-8-22(9-7-21)31-19-24(27)25-18-20-4-3-5-23(17-20)30-16-12-26-10-14-28-15-11-26/h3-9,17H,2,10-16,18-19H2,1H3,(H,25,27). The van der Waals surface area contributed by atoms with Crippen molar-refractivity contribution in [2.24, 2.45) is 0 Å². The highest BCUT2D eigenvalue weighted by molar-refractivity contribution is 5.77. The highest BCUT2D eigenvalue weighted by Crippen LogP contribution is 2.18. The molecule has 0 radical (unpaired) electrons. The van der Waals surface area contributed by atoms with Gasteiger partial charge in [0.25, 0.3) is 5.91 Å². The van der Waals surface area contributed by atoms with Crippen LogP contribution in [0, 0.1) is 0 Å². The largest absolute Gasteiger partial charge is 0.494 e. The number of ether oxygens (including phenoxy) is 4. The highest BCUT2D eigenvalue weighted by atomic mass is 16.5. The number of carbonyl (C=O) groups excluding carboxylic acids is 1. The Morgan fingerprint density at radius 2 is 1.68 bits per heavy atom. The van der Waals surface area contributed by atoms with E-state index in [-0.39, 0.29) is 12.5 Å². The van der Waals surface area contributed by atoms with Gasteiger partial charge in [0.2, 0.25) is 0 Å². The van der Waals surface area contributed by atoms with E-state index in [0.717, 1.165) is 56.3 Å². The molecule has 0 bridgehead atoms. The van der Waals surface area contributed by atoms with Gasteiger partial charge >= 0.3 is 0 Å². The lowest BCUT2D eigenvalue weighted by Crippen LogP contribution is -2.38. The zero-order valence-corrected chi connectivity index (χ0v) is 18.2. The van der Waals surface area contributed by atoms with Gasteiger partial charge in [0.05, 0.1) is 19.8 Å². The van der Waals surface area contributed by atoms with Crippen molar-refractivity contribution in [1.82, 2.24) is 10.2 Å². The second-order valence-electron chi connectivity index (χ2n) is 7.34. The number of nitrogens with zero attached hydrogens (tertiary/aromatic N) is 1. The lowest BCUT2D eigenvalue weighted by molar-refractivity contribution is -0.123. The van der Waals surface area contributed by atoms with Gasteiger partial charge in [0, 0.05) is 26.2 Å². The first-order valence-corrected chi connectivity index (χ1v) is 10.9. The number of nitrogens with one attached hydrogen (secondary N) is 1. The third kappa shape index (κ3) is 8.47. The normalized spacial score (nSPS) is 14.1. The lowest BCUT2D eigenvalue weighted by atomic mass is 10.2. The molecule has 0 saturated carbocycles. The summed E-state index contributed by atoms with van der Waals surface area (Å²) in [6, 6.07) is 15.1. The van der Waals surface area contributed by atoms with Gasteiger partial charge in [-0.25, -0.2) is 0 Å². The molecule has 0 spiro atoms. The van der Waals surface area contributed by atoms with Gasteiger partial charge in [-0.1, -0.05) is 19.1 Å². The molecule has 0 aliphatic carbocycles. The summed E-state index contributed by atoms with van der Waals surface area (Å²) in [4.78, 5) is 14.5. The number of hydrogen-bond acceptors (Lipinski definition) is 6. The topological polar surface area (TPSA) is 69.3 Å². The highest BCUT2D eigenvalue weighted by Gasteiger charge is 2.10. The molecule has 1 aliphatic heterocycles. The summed E-state index contributed by atoms with van der Waals surface area (Å²) in [6.45, 7) is 8.13. The fourth-order valence-corrected chi connectivity index (χ4v) is 3.12. The maximum atomic E-state index is 12.1. The van der Waals surface area contributed by atoms with E-state index in [0.29, 0.717) is 25.5 Å². The fraction of sp³-hybridized carbons (Fsp3) is 0.458. The van der Waals surface area contributed by atoms with E-state index in [1.807, 2.05) is 36.4 Å². The first kappa shape index (κ1) is 22.9. The molecule has 1 saturated heterocycles. The number of carbonyl (C=O) groups is 1. The predicted octanol–water partition coefficient (Wildman–Crippen LogP) is 2.88. The van der Waals surface area contributed by atoms with Gasteiger partial charge < -0.3 is 24.3 Å². The van der Waals surface area contributed by atoms with Crippen molar-refractivity contribution >= 4 is 5.91 Å². The molecular formula is C24H32N2O5. The van der Waals surface area contributed by atoms with Crippen LogP contribution < -0.4 is 19.5 Å². The van der Waals surface area contributed by atoms with E-state index in [4.69, 9.17) is 18.9 Å². The van der Waals surface area contributed by atoms with Crippen LogP contribution in [0.5, 0.6) is 17.2 Å². The van der Waals surface area contributed by atoms with Gasteiger partial charge in [-0.2, -0.15) is 0 Å². The quantitative estimate of drug-likeness (QED) is 0.561. The Kier molecular flexibility index (Phi) is 9.47. The molecule has 0 aromatic heterocycles. The Labute approximate surface area is 184 Å². The molecule has 7 nitrogen and oxygen atoms in total. The molecular weight excluding hydrogens is 396 g/mol. The van der Waals surface area contributed by atoms with Crippen LogP contribution in [0.1, 0.15) is 18.9 Å². The predicted molar refractivity (Wildman–Crippen MR) is 119 cm³/mol. The van der Waals surface area contributed by atoms with Gasteiger partial charge in [0.15, 0.2) is 6.61 Å². The summed E-state index contributed by atoms with van der Waals surface area (Å²) in [5, 5.41) is 2.88. The van der Waals surface area contributed by atoms with Crippen LogP contribution in [-0.4, -0.2) is 63.5 Å². The van der Waals surface area contributed by atoms with Crippen molar-refractivity contribution < 1.29 is 23.7 Å². The molecule has 0 unspecified atom stereocenters. The second kappa shape index (κ2) is 12.8. The lowest BCUT2D eigenvalue weighted by Gasteiger charge is -2.26. The third-order valence-electron chi connectivity index (χ3n) is 4.83. The van der Waals surface area contributed by atoms with Gasteiger partial charge in [-0.05, 0) is 48.4 Å². The molecule has 31 heavy (non-hydrogen) atoms. The first-order valence-electron chi connectivity index (χ1n) is 10.9. The summed E-state index contributed by atoms with van der Waals surface area (Å²) in [5.74, 6) is 2.06. The fourth-order valence-electron chi connectivity index (χ4n) is 3.12. The van der Waals surface area contributed by atoms with E-state index in [9.17, 15) is 4.79 Å². The molecule has 0 atom stereocenters. The molecule has 168 valence electrons. The first-order chi connectivity index (χ1) is 15.2. The molecule has 1 heterocycles. The summed E-state index contributed by atoms with van der Waals surface area (Å²) >= 11 is 0. The second-order valence-corrected chi connectivity index (χ2v) is 7.34. The smallest absolute Gasteiger partial charge is 0.258 e. The molecule has 2 aromatic rings. The monoisotopic (exact) mass is 428 g/mol. The van der Waals surface area contributed by atoms with Crippen LogP contribution in [0.4, 0.5) is 0 Å². The molecule has 1 aliphatic rings. The number of morpholine rings is 1. The SMILES string of the molecule is CCCOc1ccc(OCC(=O)NCc2cccc(OCCN3CCOCC3)c2)cc1. The van der Waals surface area contributed by atoms with Crippen LogP contribution in [0.3, 0.4) is 0 Å². The minimum Gasteiger partial charge on any atom is -0.494 e. The van der Waals surface area contributed by atoms with Crippen molar-refractivity contribution in [2.75, 3.05) is 52.7 Å². The molecule has 1 amide bonds. The van der Waals surface area contributed by atoms with E-state index < -0.39 is 0 Å². The summed E-state index contributed by atoms with van der Waals surface area (Å²) in [5.41, 5.74) is 0.981. The van der Waals surface area contributed by atoms with Crippen LogP contribution in [0.25, 0.3) is 0 Å². The Morgan fingerprint density at radius 1 is 0.968 bits per heavy atom. The van der Waals surface area contributed by atoms with E-state index in [1.54, 1.807) is 12.1 Å². The van der Waals surface area contributed by atoms with Crippen LogP contribution in [0.15, 0.2) is 48.5 Å². The minimum absolute atomic E-state index is 0.0368. The zero-order chi connectivity index (χ0) is 21.7. The summed E-state index contributed by atoms with van der Waals surface area (Å²) in [7, 11) is 0. The van der Waals surface area contributed by atoms with E-state index in [2.05, 4.69) is 17.1 Å². The molecule has 2 aromatic carbocycles. The molecule has 1 N–H and O–H groups in total. The average Bonchev–Trinajstić information content (AvgIpc) is 2.82. The minimum atomic E-state index is -0.176. The van der Waals surface area contributed by atoms with Crippen molar-refractivity contribution in [3.05, 3.63) is 54.1 Å². The van der Waals surface area contributed by atoms with Gasteiger partial charge in [-0.3, -0.25) is 9.69 Å². The van der Waals surface area contributed by atoms with Crippen molar-refractivity contribution in [2.45, 2.75) is 19.9 Å². The Balaban J connectivity index is 1.35. The summed E-state index contributed by atoms with van der Waals surface area (Å²) in [6.07, 6.45) is 0.960. The molecule has 7 heteroatoms. The van der Waals surface area contributed by atoms with Gasteiger partial charge in [0.1, 0.15) is 23.9 Å². The van der Waals surface area contributed by atoms with Gasteiger partial charge in [-0.15, -0.1) is 0 Å². The number of rotatable bonds is 12. The van der Waals surface area contributed by atoms with Crippen LogP contribution in [0.2, 0.25) is 0 Å². The van der Waals surface area contributed by atoms with E-state index >= 15 is 0 Å².